The Kier molecular flexibility index (Phi) is 3.52. The van der Waals surface area contributed by atoms with E-state index in [1.165, 1.54) is 12.7 Å². The number of benzene rings is 1. The lowest BCUT2D eigenvalue weighted by atomic mass is 9.76. The first-order valence-electron chi connectivity index (χ1n) is 7.16. The lowest BCUT2D eigenvalue weighted by Gasteiger charge is -2.42. The average molecular weight is 275 g/mol. The number of hydrogen-bond acceptors (Lipinski definition) is 4. The molecule has 4 heteroatoms. The molecule has 3 rings (SSSR count). The fraction of sp³-hybridized carbons (Fsp3) is 0.562. The van der Waals surface area contributed by atoms with Gasteiger partial charge in [0.05, 0.1) is 19.1 Å². The molecule has 1 aromatic carbocycles. The molecule has 2 saturated heterocycles. The molecule has 2 heterocycles. The first kappa shape index (κ1) is 13.6. The number of nitrogens with zero attached hydrogens (tertiary/aromatic N) is 1. The maximum absolute atomic E-state index is 12.3. The molecule has 0 aliphatic carbocycles. The Balaban J connectivity index is 1.99. The SMILES string of the molecule is COC(=O)[C@@H]1[C@H]2[C@H](O)C[C@@H](C[C@@H]1c1ccccc1)N2C. The zero-order valence-electron chi connectivity index (χ0n) is 11.9. The van der Waals surface area contributed by atoms with Crippen LogP contribution in [0.1, 0.15) is 24.3 Å². The standard InChI is InChI=1S/C16H21NO3/c1-17-11-8-12(10-6-4-3-5-7-10)14(16(19)20-2)15(17)13(18)9-11/h3-7,11-15,18H,8-9H2,1-2H3/t11-,12-,13-,14+,15-/m1/s1. The van der Waals surface area contributed by atoms with E-state index < -0.39 is 6.10 Å². The highest BCUT2D eigenvalue weighted by atomic mass is 16.5. The van der Waals surface area contributed by atoms with Crippen LogP contribution in [0.25, 0.3) is 0 Å². The lowest BCUT2D eigenvalue weighted by molar-refractivity contribution is -0.151. The summed E-state index contributed by atoms with van der Waals surface area (Å²) in [4.78, 5) is 14.4. The van der Waals surface area contributed by atoms with Gasteiger partial charge in [0.15, 0.2) is 0 Å². The molecule has 0 radical (unpaired) electrons. The molecule has 0 saturated carbocycles. The molecule has 2 fully saturated rings. The van der Waals surface area contributed by atoms with Gasteiger partial charge in [0.2, 0.25) is 0 Å². The maximum Gasteiger partial charge on any atom is 0.310 e. The largest absolute Gasteiger partial charge is 0.469 e. The first-order chi connectivity index (χ1) is 9.63. The van der Waals surface area contributed by atoms with Gasteiger partial charge < -0.3 is 9.84 Å². The minimum atomic E-state index is -0.442. The van der Waals surface area contributed by atoms with Gasteiger partial charge in [0, 0.05) is 18.0 Å². The summed E-state index contributed by atoms with van der Waals surface area (Å²) in [6, 6.07) is 10.3. The number of piperidine rings is 1. The number of likely N-dealkylation sites (N-methyl/N-ethyl adjacent to an activating group) is 1. The quantitative estimate of drug-likeness (QED) is 0.829. The second kappa shape index (κ2) is 5.19. The van der Waals surface area contributed by atoms with Gasteiger partial charge in [0.1, 0.15) is 0 Å². The van der Waals surface area contributed by atoms with Gasteiger partial charge >= 0.3 is 5.97 Å². The third kappa shape index (κ3) is 2.03. The number of hydrogen-bond donors (Lipinski definition) is 1. The third-order valence-corrected chi connectivity index (χ3v) is 4.98. The van der Waals surface area contributed by atoms with Crippen molar-refractivity contribution in [3.8, 4) is 0 Å². The summed E-state index contributed by atoms with van der Waals surface area (Å²) in [5.41, 5.74) is 1.17. The number of fused-ring (bicyclic) bond motifs is 2. The summed E-state index contributed by atoms with van der Waals surface area (Å²) in [6.07, 6.45) is 1.20. The van der Waals surface area contributed by atoms with E-state index in [1.54, 1.807) is 0 Å². The van der Waals surface area contributed by atoms with Gasteiger partial charge in [-0.2, -0.15) is 0 Å². The smallest absolute Gasteiger partial charge is 0.310 e. The minimum absolute atomic E-state index is 0.131. The van der Waals surface area contributed by atoms with Gasteiger partial charge in [-0.1, -0.05) is 30.3 Å². The van der Waals surface area contributed by atoms with Crippen LogP contribution in [0, 0.1) is 5.92 Å². The van der Waals surface area contributed by atoms with Gasteiger partial charge in [0.25, 0.3) is 0 Å². The summed E-state index contributed by atoms with van der Waals surface area (Å²) in [5.74, 6) is -0.372. The van der Waals surface area contributed by atoms with Crippen LogP contribution in [-0.2, 0) is 9.53 Å². The number of methoxy groups -OCH3 is 1. The normalized spacial score (nSPS) is 36.9. The highest BCUT2D eigenvalue weighted by Crippen LogP contribution is 2.46. The predicted octanol–water partition coefficient (Wildman–Crippen LogP) is 1.40. The van der Waals surface area contributed by atoms with Crippen LogP contribution in [0.3, 0.4) is 0 Å². The lowest BCUT2D eigenvalue weighted by Crippen LogP contribution is -2.51. The van der Waals surface area contributed by atoms with E-state index >= 15 is 0 Å². The van der Waals surface area contributed by atoms with E-state index in [4.69, 9.17) is 4.74 Å². The average Bonchev–Trinajstić information content (AvgIpc) is 2.66. The fourth-order valence-corrected chi connectivity index (χ4v) is 4.02. The van der Waals surface area contributed by atoms with E-state index in [0.29, 0.717) is 6.04 Å². The number of carbonyl (C=O) groups is 1. The van der Waals surface area contributed by atoms with Crippen LogP contribution in [0.2, 0.25) is 0 Å². The van der Waals surface area contributed by atoms with E-state index in [-0.39, 0.29) is 23.8 Å². The van der Waals surface area contributed by atoms with Crippen molar-refractivity contribution in [1.29, 1.82) is 0 Å². The van der Waals surface area contributed by atoms with Crippen molar-refractivity contribution in [2.45, 2.75) is 36.9 Å². The molecule has 0 amide bonds. The molecule has 0 unspecified atom stereocenters. The molecule has 4 nitrogen and oxygen atoms in total. The first-order valence-corrected chi connectivity index (χ1v) is 7.16. The van der Waals surface area contributed by atoms with Crippen molar-refractivity contribution in [3.05, 3.63) is 35.9 Å². The number of rotatable bonds is 2. The molecular formula is C16H21NO3. The van der Waals surface area contributed by atoms with Crippen LogP contribution in [0.4, 0.5) is 0 Å². The van der Waals surface area contributed by atoms with Crippen LogP contribution < -0.4 is 0 Å². The van der Waals surface area contributed by atoms with Crippen LogP contribution in [-0.4, -0.2) is 48.3 Å². The summed E-state index contributed by atoms with van der Waals surface area (Å²) >= 11 is 0. The van der Waals surface area contributed by atoms with Gasteiger partial charge in [-0.25, -0.2) is 0 Å². The van der Waals surface area contributed by atoms with E-state index in [9.17, 15) is 9.90 Å². The van der Waals surface area contributed by atoms with Crippen molar-refractivity contribution in [3.63, 3.8) is 0 Å². The second-order valence-electron chi connectivity index (χ2n) is 5.91. The van der Waals surface area contributed by atoms with Crippen molar-refractivity contribution in [1.82, 2.24) is 4.90 Å². The molecule has 5 atom stereocenters. The van der Waals surface area contributed by atoms with Crippen molar-refractivity contribution in [2.24, 2.45) is 5.92 Å². The number of aliphatic hydroxyl groups excluding tert-OH is 1. The predicted molar refractivity (Wildman–Crippen MR) is 75.3 cm³/mol. The molecule has 1 N–H and O–H groups in total. The van der Waals surface area contributed by atoms with E-state index in [0.717, 1.165) is 12.8 Å². The molecule has 2 aliphatic rings. The highest BCUT2D eigenvalue weighted by molar-refractivity contribution is 5.75. The molecule has 1 aromatic rings. The van der Waals surface area contributed by atoms with Crippen LogP contribution in [0.5, 0.6) is 0 Å². The molecule has 0 spiro atoms. The van der Waals surface area contributed by atoms with Gasteiger partial charge in [-0.3, -0.25) is 9.69 Å². The summed E-state index contributed by atoms with van der Waals surface area (Å²) < 4.78 is 5.01. The molecule has 0 aromatic heterocycles. The number of aliphatic hydroxyl groups is 1. The maximum atomic E-state index is 12.3. The third-order valence-electron chi connectivity index (χ3n) is 4.98. The molecule has 2 bridgehead atoms. The monoisotopic (exact) mass is 275 g/mol. The van der Waals surface area contributed by atoms with Crippen molar-refractivity contribution < 1.29 is 14.6 Å². The zero-order valence-corrected chi connectivity index (χ0v) is 11.9. The Morgan fingerprint density at radius 3 is 2.65 bits per heavy atom. The van der Waals surface area contributed by atoms with Crippen molar-refractivity contribution in [2.75, 3.05) is 14.2 Å². The summed E-state index contributed by atoms with van der Waals surface area (Å²) in [5, 5.41) is 10.3. The van der Waals surface area contributed by atoms with Gasteiger partial charge in [-0.15, -0.1) is 0 Å². The van der Waals surface area contributed by atoms with Crippen molar-refractivity contribution >= 4 is 5.97 Å². The minimum Gasteiger partial charge on any atom is -0.469 e. The molecular weight excluding hydrogens is 254 g/mol. The Hall–Kier alpha value is -1.39. The Morgan fingerprint density at radius 1 is 1.30 bits per heavy atom. The Labute approximate surface area is 119 Å². The zero-order chi connectivity index (χ0) is 14.3. The highest BCUT2D eigenvalue weighted by Gasteiger charge is 2.53. The fourth-order valence-electron chi connectivity index (χ4n) is 4.02. The molecule has 2 aliphatic heterocycles. The van der Waals surface area contributed by atoms with Crippen LogP contribution >= 0.6 is 0 Å². The molecule has 108 valence electrons. The molecule has 20 heavy (non-hydrogen) atoms. The Bertz CT molecular complexity index is 490. The van der Waals surface area contributed by atoms with E-state index in [2.05, 4.69) is 17.0 Å². The second-order valence-corrected chi connectivity index (χ2v) is 5.91. The summed E-state index contributed by atoms with van der Waals surface area (Å²) in [7, 11) is 3.43. The number of ether oxygens (including phenoxy) is 1. The van der Waals surface area contributed by atoms with E-state index in [1.807, 2.05) is 25.2 Å². The summed E-state index contributed by atoms with van der Waals surface area (Å²) in [6.45, 7) is 0. The Morgan fingerprint density at radius 2 is 2.00 bits per heavy atom. The number of esters is 1. The number of carbonyl (C=O) groups excluding carboxylic acids is 1. The topological polar surface area (TPSA) is 49.8 Å². The van der Waals surface area contributed by atoms with Gasteiger partial charge in [-0.05, 0) is 25.5 Å². The van der Waals surface area contributed by atoms with Crippen LogP contribution in [0.15, 0.2) is 30.3 Å².